The molecule has 106 valence electrons. The van der Waals surface area contributed by atoms with Crippen LogP contribution in [0.4, 0.5) is 11.4 Å². The second kappa shape index (κ2) is 5.06. The van der Waals surface area contributed by atoms with E-state index >= 15 is 0 Å². The molecule has 2 aromatic carbocycles. The summed E-state index contributed by atoms with van der Waals surface area (Å²) in [5, 5.41) is 0.811. The summed E-state index contributed by atoms with van der Waals surface area (Å²) in [6.45, 7) is 0. The zero-order chi connectivity index (χ0) is 15.0. The average Bonchev–Trinajstić information content (AvgIpc) is 2.97. The van der Waals surface area contributed by atoms with Crippen LogP contribution < -0.4 is 11.5 Å². The second-order valence-electron chi connectivity index (χ2n) is 4.51. The number of esters is 1. The molecule has 1 heterocycles. The molecule has 0 fully saturated rings. The Morgan fingerprint density at radius 3 is 2.38 bits per heavy atom. The Labute approximate surface area is 125 Å². The first-order valence-electron chi connectivity index (χ1n) is 6.23. The van der Waals surface area contributed by atoms with E-state index in [4.69, 9.17) is 11.5 Å². The van der Waals surface area contributed by atoms with Crippen LogP contribution in [0.3, 0.4) is 0 Å². The van der Waals surface area contributed by atoms with Gasteiger partial charge in [-0.2, -0.15) is 0 Å². The minimum Gasteiger partial charge on any atom is -0.465 e. The van der Waals surface area contributed by atoms with Gasteiger partial charge in [0.1, 0.15) is 10.5 Å². The van der Waals surface area contributed by atoms with E-state index in [1.165, 1.54) is 18.4 Å². The molecule has 0 radical (unpaired) electrons. The largest absolute Gasteiger partial charge is 0.465 e. The van der Waals surface area contributed by atoms with Crippen LogP contribution in [0.25, 0.3) is 20.8 Å². The molecule has 0 aliphatic heterocycles. The molecule has 0 saturated carbocycles. The lowest BCUT2D eigenvalue weighted by Crippen LogP contribution is -2.00. The van der Waals surface area contributed by atoms with Gasteiger partial charge in [-0.1, -0.05) is 12.1 Å². The van der Waals surface area contributed by atoms with E-state index in [1.54, 1.807) is 24.3 Å². The number of nitrogen functional groups attached to an aromatic ring is 2. The van der Waals surface area contributed by atoms with E-state index in [1.807, 2.05) is 12.1 Å². The van der Waals surface area contributed by atoms with Gasteiger partial charge in [-0.25, -0.2) is 9.78 Å². The number of rotatable bonds is 2. The molecule has 5 nitrogen and oxygen atoms in total. The smallest absolute Gasteiger partial charge is 0.337 e. The van der Waals surface area contributed by atoms with Crippen LogP contribution in [0.2, 0.25) is 0 Å². The highest BCUT2D eigenvalue weighted by Gasteiger charge is 2.12. The molecule has 0 aliphatic carbocycles. The van der Waals surface area contributed by atoms with E-state index in [-0.39, 0.29) is 5.97 Å². The monoisotopic (exact) mass is 299 g/mol. The molecule has 0 saturated heterocycles. The summed E-state index contributed by atoms with van der Waals surface area (Å²) in [4.78, 5) is 16.0. The molecule has 21 heavy (non-hydrogen) atoms. The number of anilines is 2. The summed E-state index contributed by atoms with van der Waals surface area (Å²) < 4.78 is 5.55. The van der Waals surface area contributed by atoms with Gasteiger partial charge in [0.25, 0.3) is 0 Å². The lowest BCUT2D eigenvalue weighted by Gasteiger charge is -2.00. The molecule has 1 aromatic heterocycles. The Kier molecular flexibility index (Phi) is 3.23. The number of ether oxygens (including phenoxy) is 1. The van der Waals surface area contributed by atoms with Crippen molar-refractivity contribution in [3.8, 4) is 10.6 Å². The van der Waals surface area contributed by atoms with Gasteiger partial charge in [0, 0.05) is 5.56 Å². The van der Waals surface area contributed by atoms with Crippen LogP contribution in [0.15, 0.2) is 36.4 Å². The number of carbonyl (C=O) groups is 1. The molecule has 0 aliphatic rings. The summed E-state index contributed by atoms with van der Waals surface area (Å²) in [5.74, 6) is -0.362. The Balaban J connectivity index is 2.06. The van der Waals surface area contributed by atoms with E-state index in [9.17, 15) is 4.79 Å². The van der Waals surface area contributed by atoms with Crippen molar-refractivity contribution in [2.45, 2.75) is 0 Å². The molecule has 3 aromatic rings. The number of carbonyl (C=O) groups excluding carboxylic acids is 1. The third-order valence-corrected chi connectivity index (χ3v) is 4.31. The number of hydrogen-bond donors (Lipinski definition) is 2. The predicted molar refractivity (Wildman–Crippen MR) is 85.2 cm³/mol. The molecule has 0 spiro atoms. The van der Waals surface area contributed by atoms with Crippen molar-refractivity contribution in [3.63, 3.8) is 0 Å². The highest BCUT2D eigenvalue weighted by Crippen LogP contribution is 2.36. The number of benzene rings is 2. The standard InChI is InChI=1S/C15H13N3O2S/c1-20-15(19)9-4-2-8(3-5-9)14-18-12-10(16)6-7-11(17)13(12)21-14/h2-7H,16-17H2,1H3. The van der Waals surface area contributed by atoms with Crippen molar-refractivity contribution in [2.24, 2.45) is 0 Å². The molecule has 6 heteroatoms. The Morgan fingerprint density at radius 2 is 1.76 bits per heavy atom. The molecule has 0 unspecified atom stereocenters. The summed E-state index contributed by atoms with van der Waals surface area (Å²) in [6, 6.07) is 10.6. The highest BCUT2D eigenvalue weighted by molar-refractivity contribution is 7.22. The number of methoxy groups -OCH3 is 1. The third-order valence-electron chi connectivity index (χ3n) is 3.16. The van der Waals surface area contributed by atoms with E-state index in [0.29, 0.717) is 22.5 Å². The fraction of sp³-hybridized carbons (Fsp3) is 0.0667. The number of aromatic nitrogens is 1. The van der Waals surface area contributed by atoms with E-state index in [0.717, 1.165) is 15.3 Å². The molecule has 0 atom stereocenters. The van der Waals surface area contributed by atoms with Gasteiger partial charge in [0.2, 0.25) is 0 Å². The van der Waals surface area contributed by atoms with Gasteiger partial charge >= 0.3 is 5.97 Å². The van der Waals surface area contributed by atoms with Gasteiger partial charge in [-0.3, -0.25) is 0 Å². The van der Waals surface area contributed by atoms with Gasteiger partial charge < -0.3 is 16.2 Å². The number of nitrogens with two attached hydrogens (primary N) is 2. The SMILES string of the molecule is COC(=O)c1ccc(-c2nc3c(N)ccc(N)c3s2)cc1. The van der Waals surface area contributed by atoms with Crippen molar-refractivity contribution >= 4 is 38.9 Å². The van der Waals surface area contributed by atoms with Crippen LogP contribution in [0.1, 0.15) is 10.4 Å². The van der Waals surface area contributed by atoms with Crippen LogP contribution in [-0.2, 0) is 4.74 Å². The minimum absolute atomic E-state index is 0.362. The van der Waals surface area contributed by atoms with E-state index < -0.39 is 0 Å². The molecular weight excluding hydrogens is 286 g/mol. The van der Waals surface area contributed by atoms with Gasteiger partial charge in [-0.05, 0) is 24.3 Å². The molecule has 0 amide bonds. The normalized spacial score (nSPS) is 10.7. The number of nitrogens with zero attached hydrogens (tertiary/aromatic N) is 1. The van der Waals surface area contributed by atoms with Crippen LogP contribution in [-0.4, -0.2) is 18.1 Å². The van der Waals surface area contributed by atoms with Crippen LogP contribution in [0, 0.1) is 0 Å². The van der Waals surface area contributed by atoms with Crippen molar-refractivity contribution < 1.29 is 9.53 Å². The molecule has 4 N–H and O–H groups in total. The van der Waals surface area contributed by atoms with Crippen molar-refractivity contribution in [3.05, 3.63) is 42.0 Å². The zero-order valence-electron chi connectivity index (χ0n) is 11.3. The summed E-state index contributed by atoms with van der Waals surface area (Å²) in [6.07, 6.45) is 0. The Morgan fingerprint density at radius 1 is 1.10 bits per heavy atom. The maximum absolute atomic E-state index is 11.4. The lowest BCUT2D eigenvalue weighted by molar-refractivity contribution is 0.0601. The maximum atomic E-state index is 11.4. The summed E-state index contributed by atoms with van der Waals surface area (Å²) in [7, 11) is 1.36. The van der Waals surface area contributed by atoms with Gasteiger partial charge in [-0.15, -0.1) is 11.3 Å². The number of thiazole rings is 1. The molecule has 3 rings (SSSR count). The van der Waals surface area contributed by atoms with Crippen LogP contribution >= 0.6 is 11.3 Å². The second-order valence-corrected chi connectivity index (χ2v) is 5.51. The first-order valence-corrected chi connectivity index (χ1v) is 7.05. The number of hydrogen-bond acceptors (Lipinski definition) is 6. The summed E-state index contributed by atoms with van der Waals surface area (Å²) >= 11 is 1.48. The first kappa shape index (κ1) is 13.4. The Bertz CT molecular complexity index is 786. The van der Waals surface area contributed by atoms with E-state index in [2.05, 4.69) is 9.72 Å². The predicted octanol–water partition coefficient (Wildman–Crippen LogP) is 2.91. The Hall–Kier alpha value is -2.60. The number of fused-ring (bicyclic) bond motifs is 1. The molecule has 0 bridgehead atoms. The lowest BCUT2D eigenvalue weighted by atomic mass is 10.1. The zero-order valence-corrected chi connectivity index (χ0v) is 12.1. The summed E-state index contributed by atoms with van der Waals surface area (Å²) in [5.41, 5.74) is 15.3. The van der Waals surface area contributed by atoms with Crippen molar-refractivity contribution in [1.82, 2.24) is 4.98 Å². The quantitative estimate of drug-likeness (QED) is 0.561. The third kappa shape index (κ3) is 2.30. The maximum Gasteiger partial charge on any atom is 0.337 e. The van der Waals surface area contributed by atoms with Crippen LogP contribution in [0.5, 0.6) is 0 Å². The molecular formula is C15H13N3O2S. The minimum atomic E-state index is -0.362. The fourth-order valence-corrected chi connectivity index (χ4v) is 3.07. The average molecular weight is 299 g/mol. The fourth-order valence-electron chi connectivity index (χ4n) is 2.04. The van der Waals surface area contributed by atoms with Gasteiger partial charge in [0.15, 0.2) is 0 Å². The van der Waals surface area contributed by atoms with Gasteiger partial charge in [0.05, 0.1) is 28.7 Å². The highest BCUT2D eigenvalue weighted by atomic mass is 32.1. The topological polar surface area (TPSA) is 91.2 Å². The first-order chi connectivity index (χ1) is 10.1. The van der Waals surface area contributed by atoms with Crippen molar-refractivity contribution in [2.75, 3.05) is 18.6 Å². The van der Waals surface area contributed by atoms with Crippen molar-refractivity contribution in [1.29, 1.82) is 0 Å².